The van der Waals surface area contributed by atoms with Crippen LogP contribution in [0, 0.1) is 28.6 Å². The Balaban J connectivity index is 2.40. The molecule has 2 rings (SSSR count). The molecule has 0 unspecified atom stereocenters. The fourth-order valence-corrected chi connectivity index (χ4v) is 3.40. The molecule has 1 aromatic rings. The Morgan fingerprint density at radius 3 is 2.42 bits per heavy atom. The molecule has 0 heterocycles. The summed E-state index contributed by atoms with van der Waals surface area (Å²) in [5, 5.41) is 21.7. The van der Waals surface area contributed by atoms with Gasteiger partial charge in [-0.25, -0.2) is 4.79 Å². The van der Waals surface area contributed by atoms with Crippen LogP contribution in [0.1, 0.15) is 58.1 Å². The molecule has 0 spiro atoms. The molecule has 1 aromatic carbocycles. The standard InChI is InChI=1S/C21H25N3O2/c1-21(2,3)26-20(25)24-19(15-9-5-4-6-10-15)18-12-8-7-11-17(18)16(13-22)14-23/h4-6,9-10,18-19H,7-8,11-12H2,1-3H3,(H,24,25)/t18-,19+/m1/s1. The van der Waals surface area contributed by atoms with Crippen LogP contribution in [0.5, 0.6) is 0 Å². The Morgan fingerprint density at radius 1 is 1.19 bits per heavy atom. The van der Waals surface area contributed by atoms with Gasteiger partial charge in [0.15, 0.2) is 0 Å². The van der Waals surface area contributed by atoms with Crippen LogP contribution < -0.4 is 5.32 Å². The van der Waals surface area contributed by atoms with Crippen LogP contribution in [-0.2, 0) is 4.74 Å². The lowest BCUT2D eigenvalue weighted by Gasteiger charge is -2.34. The summed E-state index contributed by atoms with van der Waals surface area (Å²) in [6.45, 7) is 5.46. The largest absolute Gasteiger partial charge is 0.444 e. The van der Waals surface area contributed by atoms with Crippen molar-refractivity contribution in [2.75, 3.05) is 0 Å². The number of allylic oxidation sites excluding steroid dienone is 1. The van der Waals surface area contributed by atoms with Gasteiger partial charge in [0.05, 0.1) is 6.04 Å². The normalized spacial score (nSPS) is 18.2. The monoisotopic (exact) mass is 351 g/mol. The second kappa shape index (κ2) is 8.54. The third-order valence-corrected chi connectivity index (χ3v) is 4.44. The first kappa shape index (κ1) is 19.5. The minimum atomic E-state index is -0.596. The predicted molar refractivity (Wildman–Crippen MR) is 98.8 cm³/mol. The van der Waals surface area contributed by atoms with Crippen molar-refractivity contribution in [2.45, 2.75) is 58.1 Å². The highest BCUT2D eigenvalue weighted by atomic mass is 16.6. The van der Waals surface area contributed by atoms with E-state index in [-0.39, 0.29) is 17.5 Å². The zero-order valence-corrected chi connectivity index (χ0v) is 15.6. The molecule has 1 N–H and O–H groups in total. The van der Waals surface area contributed by atoms with Crippen LogP contribution >= 0.6 is 0 Å². The summed E-state index contributed by atoms with van der Waals surface area (Å²) < 4.78 is 5.43. The molecule has 136 valence electrons. The Morgan fingerprint density at radius 2 is 1.85 bits per heavy atom. The molecule has 0 radical (unpaired) electrons. The molecule has 5 heteroatoms. The summed E-state index contributed by atoms with van der Waals surface area (Å²) in [4.78, 5) is 12.4. The third kappa shape index (κ3) is 5.10. The molecule has 1 amide bonds. The van der Waals surface area contributed by atoms with Gasteiger partial charge in [0, 0.05) is 5.92 Å². The first-order chi connectivity index (χ1) is 12.4. The van der Waals surface area contributed by atoms with Crippen molar-refractivity contribution >= 4 is 6.09 Å². The van der Waals surface area contributed by atoms with E-state index in [9.17, 15) is 15.3 Å². The molecule has 5 nitrogen and oxygen atoms in total. The van der Waals surface area contributed by atoms with E-state index in [0.29, 0.717) is 6.42 Å². The Kier molecular flexibility index (Phi) is 6.41. The number of nitrogens with zero attached hydrogens (tertiary/aromatic N) is 2. The molecular weight excluding hydrogens is 326 g/mol. The van der Waals surface area contributed by atoms with Crippen LogP contribution in [0.4, 0.5) is 4.79 Å². The number of nitrogens with one attached hydrogen (secondary N) is 1. The topological polar surface area (TPSA) is 85.9 Å². The number of hydrogen-bond acceptors (Lipinski definition) is 4. The molecule has 0 saturated heterocycles. The van der Waals surface area contributed by atoms with E-state index in [1.165, 1.54) is 0 Å². The molecule has 0 aromatic heterocycles. The van der Waals surface area contributed by atoms with Gasteiger partial charge in [-0.15, -0.1) is 0 Å². The maximum Gasteiger partial charge on any atom is 0.408 e. The smallest absolute Gasteiger partial charge is 0.408 e. The molecule has 0 aliphatic heterocycles. The molecule has 26 heavy (non-hydrogen) atoms. The molecular formula is C21H25N3O2. The van der Waals surface area contributed by atoms with E-state index in [0.717, 1.165) is 30.4 Å². The maximum absolute atomic E-state index is 12.4. The molecule has 1 aliphatic rings. The van der Waals surface area contributed by atoms with Crippen molar-refractivity contribution in [3.8, 4) is 12.1 Å². The van der Waals surface area contributed by atoms with Gasteiger partial charge >= 0.3 is 6.09 Å². The number of hydrogen-bond donors (Lipinski definition) is 1. The predicted octanol–water partition coefficient (Wildman–Crippen LogP) is 4.79. The lowest BCUT2D eigenvalue weighted by atomic mass is 9.75. The number of ether oxygens (including phenoxy) is 1. The van der Waals surface area contributed by atoms with Crippen molar-refractivity contribution in [3.63, 3.8) is 0 Å². The highest BCUT2D eigenvalue weighted by Crippen LogP contribution is 2.40. The molecule has 1 aliphatic carbocycles. The average molecular weight is 351 g/mol. The summed E-state index contributed by atoms with van der Waals surface area (Å²) >= 11 is 0. The van der Waals surface area contributed by atoms with Gasteiger partial charge in [-0.05, 0) is 51.2 Å². The van der Waals surface area contributed by atoms with E-state index in [1.807, 2.05) is 63.2 Å². The zero-order chi connectivity index (χ0) is 19.2. The number of carbonyl (C=O) groups excluding carboxylic acids is 1. The van der Waals surface area contributed by atoms with E-state index in [2.05, 4.69) is 5.32 Å². The van der Waals surface area contributed by atoms with Crippen LogP contribution in [-0.4, -0.2) is 11.7 Å². The van der Waals surface area contributed by atoms with Gasteiger partial charge in [-0.3, -0.25) is 0 Å². The second-order valence-electron chi connectivity index (χ2n) is 7.51. The van der Waals surface area contributed by atoms with Crippen LogP contribution in [0.15, 0.2) is 41.5 Å². The SMILES string of the molecule is CC(C)(C)OC(=O)N[C@@H](c1ccccc1)[C@@H]1CCCCC1=C(C#N)C#N. The average Bonchev–Trinajstić information content (AvgIpc) is 2.61. The van der Waals surface area contributed by atoms with E-state index >= 15 is 0 Å². The van der Waals surface area contributed by atoms with Crippen LogP contribution in [0.3, 0.4) is 0 Å². The quantitative estimate of drug-likeness (QED) is 0.794. The summed E-state index contributed by atoms with van der Waals surface area (Å²) in [6.07, 6.45) is 2.98. The summed E-state index contributed by atoms with van der Waals surface area (Å²) in [7, 11) is 0. The highest BCUT2D eigenvalue weighted by molar-refractivity contribution is 5.68. The fourth-order valence-electron chi connectivity index (χ4n) is 3.40. The maximum atomic E-state index is 12.4. The number of amides is 1. The Labute approximate surface area is 155 Å². The lowest BCUT2D eigenvalue weighted by molar-refractivity contribution is 0.0486. The van der Waals surface area contributed by atoms with Gasteiger partial charge in [-0.1, -0.05) is 36.8 Å². The number of nitriles is 2. The number of rotatable bonds is 3. The van der Waals surface area contributed by atoms with E-state index < -0.39 is 11.7 Å². The van der Waals surface area contributed by atoms with E-state index in [1.54, 1.807) is 0 Å². The Hall–Kier alpha value is -2.79. The van der Waals surface area contributed by atoms with E-state index in [4.69, 9.17) is 4.74 Å². The van der Waals surface area contributed by atoms with Crippen molar-refractivity contribution in [1.82, 2.24) is 5.32 Å². The van der Waals surface area contributed by atoms with Gasteiger partial charge in [0.25, 0.3) is 0 Å². The lowest BCUT2D eigenvalue weighted by Crippen LogP contribution is -2.39. The van der Waals surface area contributed by atoms with Crippen molar-refractivity contribution in [1.29, 1.82) is 10.5 Å². The fraction of sp³-hybridized carbons (Fsp3) is 0.476. The van der Waals surface area contributed by atoms with Crippen LogP contribution in [0.2, 0.25) is 0 Å². The van der Waals surface area contributed by atoms with Gasteiger partial charge in [0.1, 0.15) is 23.3 Å². The molecule has 2 atom stereocenters. The number of alkyl carbamates (subject to hydrolysis) is 1. The Bertz CT molecular complexity index is 732. The van der Waals surface area contributed by atoms with Crippen molar-refractivity contribution in [3.05, 3.63) is 47.0 Å². The first-order valence-corrected chi connectivity index (χ1v) is 8.93. The first-order valence-electron chi connectivity index (χ1n) is 8.93. The van der Waals surface area contributed by atoms with Crippen molar-refractivity contribution in [2.24, 2.45) is 5.92 Å². The van der Waals surface area contributed by atoms with Crippen LogP contribution in [0.25, 0.3) is 0 Å². The third-order valence-electron chi connectivity index (χ3n) is 4.44. The highest BCUT2D eigenvalue weighted by Gasteiger charge is 2.33. The van der Waals surface area contributed by atoms with Gasteiger partial charge in [0.2, 0.25) is 0 Å². The number of carbonyl (C=O) groups is 1. The zero-order valence-electron chi connectivity index (χ0n) is 15.6. The minimum Gasteiger partial charge on any atom is -0.444 e. The summed E-state index contributed by atoms with van der Waals surface area (Å²) in [6, 6.07) is 13.4. The van der Waals surface area contributed by atoms with Gasteiger partial charge in [-0.2, -0.15) is 10.5 Å². The summed E-state index contributed by atoms with van der Waals surface area (Å²) in [5.74, 6) is -0.0898. The summed E-state index contributed by atoms with van der Waals surface area (Å²) in [5.41, 5.74) is 1.35. The molecule has 1 fully saturated rings. The minimum absolute atomic E-state index is 0.0898. The van der Waals surface area contributed by atoms with Gasteiger partial charge < -0.3 is 10.1 Å². The van der Waals surface area contributed by atoms with Crippen molar-refractivity contribution < 1.29 is 9.53 Å². The molecule has 1 saturated carbocycles. The molecule has 0 bridgehead atoms. The number of benzene rings is 1. The second-order valence-corrected chi connectivity index (χ2v) is 7.51.